The molecule has 0 aliphatic rings. The van der Waals surface area contributed by atoms with Gasteiger partial charge in [0.15, 0.2) is 0 Å². The van der Waals surface area contributed by atoms with Crippen molar-refractivity contribution >= 4 is 33.3 Å². The lowest BCUT2D eigenvalue weighted by Crippen LogP contribution is -2.32. The van der Waals surface area contributed by atoms with Crippen LogP contribution in [0.5, 0.6) is 0 Å². The summed E-state index contributed by atoms with van der Waals surface area (Å²) in [7, 11) is -4.03. The molecule has 3 aromatic rings. The molecule has 0 unspecified atom stereocenters. The maximum absolute atomic E-state index is 12.4. The largest absolute Gasteiger partial charge is 0.356 e. The first-order chi connectivity index (χ1) is 14.8. The molecule has 0 spiro atoms. The number of hydrogen-bond donors (Lipinski definition) is 4. The summed E-state index contributed by atoms with van der Waals surface area (Å²) in [4.78, 5) is 36.0. The highest BCUT2D eigenvalue weighted by molar-refractivity contribution is 7.89. The molecule has 0 aliphatic heterocycles. The van der Waals surface area contributed by atoms with Crippen LogP contribution in [0.1, 0.15) is 16.1 Å². The fourth-order valence-corrected chi connectivity index (χ4v) is 3.15. The minimum absolute atomic E-state index is 0.0525. The van der Waals surface area contributed by atoms with Crippen molar-refractivity contribution in [2.75, 3.05) is 10.9 Å². The van der Waals surface area contributed by atoms with Gasteiger partial charge in [0.05, 0.1) is 9.82 Å². The van der Waals surface area contributed by atoms with Gasteiger partial charge in [-0.1, -0.05) is 23.8 Å². The van der Waals surface area contributed by atoms with E-state index in [1.54, 1.807) is 31.2 Å². The molecule has 1 aromatic carbocycles. The number of benzene rings is 1. The highest BCUT2D eigenvalue weighted by atomic mass is 32.2. The molecule has 0 bridgehead atoms. The zero-order valence-electron chi connectivity index (χ0n) is 15.9. The van der Waals surface area contributed by atoms with Crippen LogP contribution in [0.25, 0.3) is 0 Å². The monoisotopic (exact) mass is 444 g/mol. The van der Waals surface area contributed by atoms with Gasteiger partial charge in [0.25, 0.3) is 15.9 Å². The predicted octanol–water partition coefficient (Wildman–Crippen LogP) is 1.15. The smallest absolute Gasteiger partial charge is 0.286 e. The zero-order valence-corrected chi connectivity index (χ0v) is 16.8. The summed E-state index contributed by atoms with van der Waals surface area (Å²) in [5, 5.41) is 11.5. The Morgan fingerprint density at radius 1 is 1.00 bits per heavy atom. The van der Waals surface area contributed by atoms with Crippen molar-refractivity contribution < 1.29 is 18.1 Å². The number of carbonyl (C=O) groups is 1. The molecular formula is C17H16N8O5S. The average molecular weight is 444 g/mol. The second-order valence-corrected chi connectivity index (χ2v) is 7.70. The SMILES string of the molecule is Cc1ccc(S(=O)(=O)NNc2ncnc(NNC(=O)c3ccccn3)c2[N+](=O)[O-])cc1. The lowest BCUT2D eigenvalue weighted by molar-refractivity contribution is -0.383. The van der Waals surface area contributed by atoms with Crippen LogP contribution in [-0.4, -0.2) is 34.2 Å². The molecule has 2 heterocycles. The van der Waals surface area contributed by atoms with Crippen molar-refractivity contribution in [1.82, 2.24) is 25.2 Å². The molecule has 13 nitrogen and oxygen atoms in total. The van der Waals surface area contributed by atoms with Crippen molar-refractivity contribution in [3.05, 3.63) is 76.4 Å². The van der Waals surface area contributed by atoms with Crippen LogP contribution in [0.15, 0.2) is 59.9 Å². The lowest BCUT2D eigenvalue weighted by Gasteiger charge is -2.12. The standard InChI is InChI=1S/C17H16N8O5S/c1-11-5-7-12(8-6-11)31(29,30)24-22-16-14(25(27)28)15(19-10-20-16)21-23-17(26)13-4-2-3-9-18-13/h2-10,24H,1H3,(H,23,26)(H2,19,20,21,22). The van der Waals surface area contributed by atoms with Crippen molar-refractivity contribution in [3.8, 4) is 0 Å². The van der Waals surface area contributed by atoms with E-state index in [4.69, 9.17) is 0 Å². The van der Waals surface area contributed by atoms with Gasteiger partial charge in [-0.25, -0.2) is 18.4 Å². The number of nitrogens with one attached hydrogen (secondary N) is 4. The van der Waals surface area contributed by atoms with Crippen LogP contribution in [0.3, 0.4) is 0 Å². The number of nitrogens with zero attached hydrogens (tertiary/aromatic N) is 4. The molecule has 0 aliphatic carbocycles. The molecule has 160 valence electrons. The molecule has 0 saturated heterocycles. The van der Waals surface area contributed by atoms with Gasteiger partial charge in [-0.15, -0.1) is 4.83 Å². The second kappa shape index (κ2) is 9.10. The maximum atomic E-state index is 12.4. The Bertz CT molecular complexity index is 1200. The first-order valence-electron chi connectivity index (χ1n) is 8.59. The Balaban J connectivity index is 1.77. The summed E-state index contributed by atoms with van der Waals surface area (Å²) in [6, 6.07) is 10.6. The summed E-state index contributed by atoms with van der Waals surface area (Å²) in [6.07, 6.45) is 2.36. The number of carbonyl (C=O) groups excluding carboxylic acids is 1. The van der Waals surface area contributed by atoms with Crippen LogP contribution in [-0.2, 0) is 10.0 Å². The van der Waals surface area contributed by atoms with Gasteiger partial charge in [0, 0.05) is 6.20 Å². The van der Waals surface area contributed by atoms with E-state index in [-0.39, 0.29) is 16.4 Å². The first kappa shape index (κ1) is 21.5. The molecule has 1 amide bonds. The number of aromatic nitrogens is 3. The van der Waals surface area contributed by atoms with E-state index < -0.39 is 32.4 Å². The molecule has 2 aromatic heterocycles. The zero-order chi connectivity index (χ0) is 22.4. The Kier molecular flexibility index (Phi) is 6.32. The fourth-order valence-electron chi connectivity index (χ4n) is 2.30. The van der Waals surface area contributed by atoms with Crippen LogP contribution < -0.4 is 21.1 Å². The number of hydrazine groups is 2. The quantitative estimate of drug-likeness (QED) is 0.290. The van der Waals surface area contributed by atoms with Crippen molar-refractivity contribution in [3.63, 3.8) is 0 Å². The summed E-state index contributed by atoms with van der Waals surface area (Å²) in [6.45, 7) is 1.80. The first-order valence-corrected chi connectivity index (χ1v) is 10.1. The Labute approximate surface area is 176 Å². The molecule has 31 heavy (non-hydrogen) atoms. The number of pyridine rings is 1. The Hall–Kier alpha value is -4.17. The van der Waals surface area contributed by atoms with Crippen molar-refractivity contribution in [1.29, 1.82) is 0 Å². The van der Waals surface area contributed by atoms with Gasteiger partial charge in [0.2, 0.25) is 11.6 Å². The highest BCUT2D eigenvalue weighted by Crippen LogP contribution is 2.28. The van der Waals surface area contributed by atoms with Gasteiger partial charge in [0.1, 0.15) is 12.0 Å². The number of amides is 1. The van der Waals surface area contributed by atoms with Gasteiger partial charge >= 0.3 is 5.69 Å². The third-order valence-electron chi connectivity index (χ3n) is 3.83. The topological polar surface area (TPSA) is 181 Å². The molecule has 14 heteroatoms. The Morgan fingerprint density at radius 2 is 1.68 bits per heavy atom. The van der Waals surface area contributed by atoms with Crippen LogP contribution >= 0.6 is 0 Å². The average Bonchev–Trinajstić information content (AvgIpc) is 2.76. The molecular weight excluding hydrogens is 428 g/mol. The predicted molar refractivity (Wildman–Crippen MR) is 109 cm³/mol. The van der Waals surface area contributed by atoms with Crippen LogP contribution in [0.2, 0.25) is 0 Å². The minimum Gasteiger partial charge on any atom is -0.286 e. The minimum atomic E-state index is -4.03. The number of anilines is 2. The van der Waals surface area contributed by atoms with Gasteiger partial charge in [-0.2, -0.15) is 0 Å². The van der Waals surface area contributed by atoms with E-state index in [1.165, 1.54) is 24.4 Å². The summed E-state index contributed by atoms with van der Waals surface area (Å²) < 4.78 is 24.8. The normalized spacial score (nSPS) is 10.9. The summed E-state index contributed by atoms with van der Waals surface area (Å²) in [5.41, 5.74) is 6.99. The third kappa shape index (κ3) is 5.26. The van der Waals surface area contributed by atoms with E-state index in [0.717, 1.165) is 11.9 Å². The third-order valence-corrected chi connectivity index (χ3v) is 5.10. The lowest BCUT2D eigenvalue weighted by atomic mass is 10.2. The van der Waals surface area contributed by atoms with Gasteiger partial charge in [-0.05, 0) is 31.2 Å². The number of nitro groups is 1. The van der Waals surface area contributed by atoms with E-state index in [0.29, 0.717) is 0 Å². The second-order valence-electron chi connectivity index (χ2n) is 6.01. The van der Waals surface area contributed by atoms with Crippen LogP contribution in [0, 0.1) is 17.0 Å². The molecule has 0 atom stereocenters. The number of rotatable bonds is 8. The Morgan fingerprint density at radius 3 is 2.29 bits per heavy atom. The number of hydrogen-bond acceptors (Lipinski definition) is 10. The summed E-state index contributed by atoms with van der Waals surface area (Å²) >= 11 is 0. The number of sulfonamides is 1. The van der Waals surface area contributed by atoms with E-state index in [9.17, 15) is 23.3 Å². The van der Waals surface area contributed by atoms with Crippen molar-refractivity contribution in [2.24, 2.45) is 0 Å². The molecule has 4 N–H and O–H groups in total. The fraction of sp³-hybridized carbons (Fsp3) is 0.0588. The molecule has 0 radical (unpaired) electrons. The van der Waals surface area contributed by atoms with E-state index in [1.807, 2.05) is 4.83 Å². The maximum Gasteiger partial charge on any atom is 0.356 e. The molecule has 3 rings (SSSR count). The van der Waals surface area contributed by atoms with Crippen LogP contribution in [0.4, 0.5) is 17.3 Å². The summed E-state index contributed by atoms with van der Waals surface area (Å²) in [5.74, 6) is -1.48. The molecule has 0 saturated carbocycles. The molecule has 0 fully saturated rings. The van der Waals surface area contributed by atoms with E-state index >= 15 is 0 Å². The number of aryl methyl sites for hydroxylation is 1. The van der Waals surface area contributed by atoms with Gasteiger partial charge in [-0.3, -0.25) is 36.2 Å². The highest BCUT2D eigenvalue weighted by Gasteiger charge is 2.25. The van der Waals surface area contributed by atoms with E-state index in [2.05, 4.69) is 31.2 Å². The van der Waals surface area contributed by atoms with Crippen molar-refractivity contribution in [2.45, 2.75) is 11.8 Å². The van der Waals surface area contributed by atoms with Gasteiger partial charge < -0.3 is 0 Å².